The minimum absolute atomic E-state index is 0.0177. The van der Waals surface area contributed by atoms with E-state index in [0.717, 1.165) is 6.42 Å². The van der Waals surface area contributed by atoms with Crippen LogP contribution >= 0.6 is 11.6 Å². The van der Waals surface area contributed by atoms with Gasteiger partial charge in [0, 0.05) is 6.42 Å². The minimum Gasteiger partial charge on any atom is -0.298 e. The van der Waals surface area contributed by atoms with Gasteiger partial charge in [0.25, 0.3) is 0 Å². The highest BCUT2D eigenvalue weighted by Crippen LogP contribution is 1.87. The highest BCUT2D eigenvalue weighted by molar-refractivity contribution is 6.28. The minimum atomic E-state index is 0.0177. The maximum Gasteiger partial charge on any atom is 0.151 e. The maximum absolute atomic E-state index is 10.2. The Bertz CT molecular complexity index is 61.1. The Morgan fingerprint density at radius 1 is 1.86 bits per heavy atom. The number of rotatable bonds is 3. The van der Waals surface area contributed by atoms with Gasteiger partial charge < -0.3 is 0 Å². The number of hydrogen-bond donors (Lipinski definition) is 0. The lowest BCUT2D eigenvalue weighted by molar-refractivity contribution is -0.113. The van der Waals surface area contributed by atoms with Crippen LogP contribution < -0.4 is 0 Å². The first kappa shape index (κ1) is 6.96. The SMILES string of the molecule is CC[CH]C(=O)CCl. The molecule has 0 aromatic rings. The van der Waals surface area contributed by atoms with Gasteiger partial charge in [-0.2, -0.15) is 0 Å². The molecule has 0 heterocycles. The average molecular weight is 120 g/mol. The maximum atomic E-state index is 10.2. The molecular weight excluding hydrogens is 112 g/mol. The molecule has 0 aliphatic rings. The third-order valence-corrected chi connectivity index (χ3v) is 0.827. The molecule has 0 saturated carbocycles. The summed E-state index contributed by atoms with van der Waals surface area (Å²) >= 11 is 5.15. The van der Waals surface area contributed by atoms with E-state index >= 15 is 0 Å². The molecule has 0 amide bonds. The van der Waals surface area contributed by atoms with Crippen molar-refractivity contribution >= 4 is 17.4 Å². The van der Waals surface area contributed by atoms with Crippen LogP contribution in [-0.4, -0.2) is 11.7 Å². The van der Waals surface area contributed by atoms with Gasteiger partial charge in [-0.1, -0.05) is 6.92 Å². The van der Waals surface area contributed by atoms with Crippen molar-refractivity contribution in [1.82, 2.24) is 0 Å². The van der Waals surface area contributed by atoms with Crippen LogP contribution in [0.4, 0.5) is 0 Å². The second-order valence-corrected chi connectivity index (χ2v) is 1.48. The summed E-state index contributed by atoms with van der Waals surface area (Å²) in [7, 11) is 0. The van der Waals surface area contributed by atoms with Gasteiger partial charge in [0.15, 0.2) is 5.78 Å². The first-order chi connectivity index (χ1) is 3.31. The van der Waals surface area contributed by atoms with Crippen molar-refractivity contribution in [1.29, 1.82) is 0 Å². The largest absolute Gasteiger partial charge is 0.298 e. The number of alkyl halides is 1. The van der Waals surface area contributed by atoms with E-state index in [2.05, 4.69) is 0 Å². The molecule has 0 bridgehead atoms. The van der Waals surface area contributed by atoms with E-state index in [1.165, 1.54) is 0 Å². The van der Waals surface area contributed by atoms with Crippen LogP contribution in [0.25, 0.3) is 0 Å². The van der Waals surface area contributed by atoms with Crippen LogP contribution in [0.15, 0.2) is 0 Å². The quantitative estimate of drug-likeness (QED) is 0.514. The molecule has 0 rings (SSSR count). The molecule has 0 fully saturated rings. The average Bonchev–Trinajstić information content (AvgIpc) is 1.68. The second kappa shape index (κ2) is 4.13. The highest BCUT2D eigenvalue weighted by Gasteiger charge is 1.93. The standard InChI is InChI=1S/C5H8ClO/c1-2-3-5(7)4-6/h3H,2,4H2,1H3. The molecular formula is C5H8ClO. The normalized spacial score (nSPS) is 8.86. The smallest absolute Gasteiger partial charge is 0.151 e. The van der Waals surface area contributed by atoms with Crippen molar-refractivity contribution in [2.75, 3.05) is 5.88 Å². The van der Waals surface area contributed by atoms with Gasteiger partial charge in [0.2, 0.25) is 0 Å². The van der Waals surface area contributed by atoms with E-state index in [0.29, 0.717) is 0 Å². The number of carbonyl (C=O) groups excluding carboxylic acids is 1. The summed E-state index contributed by atoms with van der Waals surface area (Å²) in [5.74, 6) is 0.137. The number of carbonyl (C=O) groups is 1. The Hall–Kier alpha value is -0.0400. The van der Waals surface area contributed by atoms with E-state index < -0.39 is 0 Å². The van der Waals surface area contributed by atoms with Crippen molar-refractivity contribution in [3.63, 3.8) is 0 Å². The Morgan fingerprint density at radius 3 is 2.57 bits per heavy atom. The van der Waals surface area contributed by atoms with Gasteiger partial charge in [0.1, 0.15) is 0 Å². The molecule has 0 unspecified atom stereocenters. The number of ketones is 1. The fourth-order valence-corrected chi connectivity index (χ4v) is 0.391. The van der Waals surface area contributed by atoms with Crippen LogP contribution in [0.5, 0.6) is 0 Å². The summed E-state index contributed by atoms with van der Waals surface area (Å²) in [6, 6.07) is 0. The fourth-order valence-electron chi connectivity index (χ4n) is 0.282. The second-order valence-electron chi connectivity index (χ2n) is 1.21. The molecule has 0 aromatic carbocycles. The summed E-state index contributed by atoms with van der Waals surface area (Å²) < 4.78 is 0. The molecule has 0 N–H and O–H groups in total. The van der Waals surface area contributed by atoms with Crippen LogP contribution in [0.1, 0.15) is 13.3 Å². The van der Waals surface area contributed by atoms with E-state index in [4.69, 9.17) is 11.6 Å². The summed E-state index contributed by atoms with van der Waals surface area (Å²) in [5, 5.41) is 0. The lowest BCUT2D eigenvalue weighted by atomic mass is 10.3. The van der Waals surface area contributed by atoms with Gasteiger partial charge in [0.05, 0.1) is 5.88 Å². The zero-order valence-corrected chi connectivity index (χ0v) is 5.03. The lowest BCUT2D eigenvalue weighted by Gasteiger charge is -1.85. The number of hydrogen-bond acceptors (Lipinski definition) is 1. The van der Waals surface area contributed by atoms with Gasteiger partial charge in [-0.15, -0.1) is 11.6 Å². The van der Waals surface area contributed by atoms with Crippen molar-refractivity contribution < 1.29 is 4.79 Å². The molecule has 41 valence electrons. The molecule has 1 nitrogen and oxygen atoms in total. The van der Waals surface area contributed by atoms with Gasteiger partial charge in [-0.3, -0.25) is 4.79 Å². The predicted octanol–water partition coefficient (Wildman–Crippen LogP) is 1.41. The van der Waals surface area contributed by atoms with E-state index in [9.17, 15) is 4.79 Å². The van der Waals surface area contributed by atoms with Crippen molar-refractivity contribution in [2.45, 2.75) is 13.3 Å². The van der Waals surface area contributed by atoms with Gasteiger partial charge in [-0.25, -0.2) is 0 Å². The molecule has 0 spiro atoms. The Labute approximate surface area is 48.7 Å². The highest BCUT2D eigenvalue weighted by atomic mass is 35.5. The molecule has 0 aliphatic heterocycles. The summed E-state index contributed by atoms with van der Waals surface area (Å²) in [5.41, 5.74) is 0. The van der Waals surface area contributed by atoms with Gasteiger partial charge >= 0.3 is 0 Å². The van der Waals surface area contributed by atoms with Crippen molar-refractivity contribution in [2.24, 2.45) is 0 Å². The molecule has 1 radical (unpaired) electrons. The first-order valence-corrected chi connectivity index (χ1v) is 2.76. The molecule has 7 heavy (non-hydrogen) atoms. The van der Waals surface area contributed by atoms with E-state index in [-0.39, 0.29) is 11.7 Å². The lowest BCUT2D eigenvalue weighted by Crippen LogP contribution is -1.97. The van der Waals surface area contributed by atoms with Crippen LogP contribution in [0, 0.1) is 6.42 Å². The van der Waals surface area contributed by atoms with E-state index in [1.54, 1.807) is 6.42 Å². The summed E-state index contributed by atoms with van der Waals surface area (Å²) in [6.07, 6.45) is 2.36. The third-order valence-electron chi connectivity index (χ3n) is 0.564. The molecule has 0 aliphatic carbocycles. The molecule has 2 heteroatoms. The van der Waals surface area contributed by atoms with Gasteiger partial charge in [-0.05, 0) is 6.42 Å². The zero-order valence-electron chi connectivity index (χ0n) is 4.28. The third kappa shape index (κ3) is 3.80. The van der Waals surface area contributed by atoms with Crippen LogP contribution in [0.3, 0.4) is 0 Å². The molecule has 0 atom stereocenters. The molecule has 0 saturated heterocycles. The van der Waals surface area contributed by atoms with E-state index in [1.807, 2.05) is 6.92 Å². The summed E-state index contributed by atoms with van der Waals surface area (Å²) in [6.45, 7) is 1.91. The van der Waals surface area contributed by atoms with Crippen LogP contribution in [0.2, 0.25) is 0 Å². The molecule has 0 aromatic heterocycles. The zero-order chi connectivity index (χ0) is 5.70. The Balaban J connectivity index is 3.00. The monoisotopic (exact) mass is 119 g/mol. The first-order valence-electron chi connectivity index (χ1n) is 2.23. The Kier molecular flexibility index (Phi) is 4.10. The van der Waals surface area contributed by atoms with Crippen molar-refractivity contribution in [3.8, 4) is 0 Å². The predicted molar refractivity (Wildman–Crippen MR) is 30.3 cm³/mol. The summed E-state index contributed by atoms with van der Waals surface area (Å²) in [4.78, 5) is 10.2. The van der Waals surface area contributed by atoms with Crippen LogP contribution in [-0.2, 0) is 4.79 Å². The Morgan fingerprint density at radius 2 is 2.43 bits per heavy atom. The number of Topliss-reactive ketones (excluding diaryl/α,β-unsaturated/α-hetero) is 1. The number of halogens is 1. The van der Waals surface area contributed by atoms with Crippen molar-refractivity contribution in [3.05, 3.63) is 6.42 Å². The topological polar surface area (TPSA) is 17.1 Å². The fraction of sp³-hybridized carbons (Fsp3) is 0.600.